The van der Waals surface area contributed by atoms with Crippen LogP contribution in [-0.2, 0) is 0 Å². The molecule has 0 aliphatic heterocycles. The van der Waals surface area contributed by atoms with E-state index in [1.807, 2.05) is 17.4 Å². The summed E-state index contributed by atoms with van der Waals surface area (Å²) in [6, 6.07) is 4.33. The fourth-order valence-corrected chi connectivity index (χ4v) is 3.91. The number of allylic oxidation sites excluding steroid dienone is 1. The maximum absolute atomic E-state index is 3.15. The Morgan fingerprint density at radius 3 is 3.21 bits per heavy atom. The molecule has 1 aromatic rings. The van der Waals surface area contributed by atoms with Crippen LogP contribution >= 0.6 is 11.3 Å². The zero-order valence-electron chi connectivity index (χ0n) is 8.32. The second kappa shape index (κ2) is 8.13. The van der Waals surface area contributed by atoms with Crippen molar-refractivity contribution in [3.05, 3.63) is 27.7 Å². The molecular formula is C12H14STe. The minimum atomic E-state index is -0.0972. The van der Waals surface area contributed by atoms with Crippen molar-refractivity contribution in [1.82, 2.24) is 0 Å². The van der Waals surface area contributed by atoms with Gasteiger partial charge in [-0.25, -0.2) is 0 Å². The number of unbranched alkanes of at least 4 members (excludes halogenated alkanes) is 2. The van der Waals surface area contributed by atoms with Crippen LogP contribution < -0.4 is 2.93 Å². The zero-order chi connectivity index (χ0) is 10.1. The molecule has 14 heavy (non-hydrogen) atoms. The number of hydrogen-bond donors (Lipinski definition) is 0. The monoisotopic (exact) mass is 320 g/mol. The summed E-state index contributed by atoms with van der Waals surface area (Å²) in [7, 11) is 0. The molecule has 0 radical (unpaired) electrons. The first-order valence-electron chi connectivity index (χ1n) is 4.77. The van der Waals surface area contributed by atoms with E-state index in [9.17, 15) is 0 Å². The summed E-state index contributed by atoms with van der Waals surface area (Å²) < 4.78 is 3.79. The Morgan fingerprint density at radius 2 is 2.50 bits per heavy atom. The maximum atomic E-state index is 3.15. The normalized spacial score (nSPS) is 10.1. The third-order valence-electron chi connectivity index (χ3n) is 1.59. The van der Waals surface area contributed by atoms with E-state index < -0.39 is 0 Å². The molecule has 0 bridgehead atoms. The van der Waals surface area contributed by atoms with Gasteiger partial charge in [-0.1, -0.05) is 0 Å². The van der Waals surface area contributed by atoms with Gasteiger partial charge in [0.05, 0.1) is 0 Å². The predicted octanol–water partition coefficient (Wildman–Crippen LogP) is 2.78. The minimum absolute atomic E-state index is 0.0972. The van der Waals surface area contributed by atoms with Crippen LogP contribution in [0.5, 0.6) is 0 Å². The van der Waals surface area contributed by atoms with Crippen LogP contribution in [0.1, 0.15) is 26.2 Å². The summed E-state index contributed by atoms with van der Waals surface area (Å²) in [5, 5.41) is 2.14. The molecule has 0 N–H and O–H groups in total. The van der Waals surface area contributed by atoms with Gasteiger partial charge >= 0.3 is 101 Å². The molecule has 2 heteroatoms. The van der Waals surface area contributed by atoms with Crippen molar-refractivity contribution >= 4 is 35.2 Å². The fraction of sp³-hybridized carbons (Fsp3) is 0.333. The van der Waals surface area contributed by atoms with Gasteiger partial charge in [-0.3, -0.25) is 0 Å². The molecule has 0 saturated carbocycles. The van der Waals surface area contributed by atoms with Gasteiger partial charge in [-0.15, -0.1) is 0 Å². The van der Waals surface area contributed by atoms with Gasteiger partial charge in [0.25, 0.3) is 0 Å². The summed E-state index contributed by atoms with van der Waals surface area (Å²) in [5.74, 6) is 6.24. The van der Waals surface area contributed by atoms with Gasteiger partial charge in [-0.2, -0.15) is 0 Å². The second-order valence-electron chi connectivity index (χ2n) is 2.78. The van der Waals surface area contributed by atoms with Gasteiger partial charge in [0.2, 0.25) is 0 Å². The van der Waals surface area contributed by atoms with Crippen molar-refractivity contribution in [1.29, 1.82) is 0 Å². The van der Waals surface area contributed by atoms with Gasteiger partial charge in [0, 0.05) is 0 Å². The van der Waals surface area contributed by atoms with Crippen molar-refractivity contribution in [2.75, 3.05) is 0 Å². The number of rotatable bonds is 4. The van der Waals surface area contributed by atoms with Gasteiger partial charge in [-0.05, 0) is 0 Å². The van der Waals surface area contributed by atoms with Gasteiger partial charge in [0.15, 0.2) is 0 Å². The first-order chi connectivity index (χ1) is 6.93. The third kappa shape index (κ3) is 5.51. The Labute approximate surface area is 101 Å². The molecule has 0 atom stereocenters. The quantitative estimate of drug-likeness (QED) is 0.455. The molecule has 0 amide bonds. The predicted molar refractivity (Wildman–Crippen MR) is 66.1 cm³/mol. The number of hydrogen-bond acceptors (Lipinski definition) is 1. The summed E-state index contributed by atoms with van der Waals surface area (Å²) >= 11 is 1.76. The average Bonchev–Trinajstić information content (AvgIpc) is 2.69. The van der Waals surface area contributed by atoms with E-state index in [4.69, 9.17) is 0 Å². The van der Waals surface area contributed by atoms with Gasteiger partial charge in [0.1, 0.15) is 0 Å². The van der Waals surface area contributed by atoms with Crippen LogP contribution in [0.2, 0.25) is 0 Å². The molecule has 1 rings (SSSR count). The van der Waals surface area contributed by atoms with Crippen molar-refractivity contribution in [3.63, 3.8) is 0 Å². The molecule has 1 aromatic heterocycles. The van der Waals surface area contributed by atoms with E-state index in [0.717, 1.165) is 6.42 Å². The molecule has 0 spiro atoms. The Balaban J connectivity index is 2.17. The zero-order valence-corrected chi connectivity index (χ0v) is 11.5. The second-order valence-corrected chi connectivity index (χ2v) is 7.24. The van der Waals surface area contributed by atoms with Crippen LogP contribution in [0.4, 0.5) is 0 Å². The molecule has 0 aliphatic carbocycles. The average molecular weight is 318 g/mol. The Morgan fingerprint density at radius 1 is 1.57 bits per heavy atom. The fourth-order valence-electron chi connectivity index (χ4n) is 0.862. The summed E-state index contributed by atoms with van der Waals surface area (Å²) in [4.78, 5) is 0. The molecular weight excluding hydrogens is 304 g/mol. The summed E-state index contributed by atoms with van der Waals surface area (Å²) in [5.41, 5.74) is 0. The van der Waals surface area contributed by atoms with E-state index in [-0.39, 0.29) is 20.9 Å². The van der Waals surface area contributed by atoms with E-state index in [0.29, 0.717) is 0 Å². The number of thiophene rings is 1. The Bertz CT molecular complexity index is 314. The first kappa shape index (κ1) is 11.9. The molecule has 1 heterocycles. The standard InChI is InChI=1S/C12H14STe/c1-2-3-4-5-6-7-11-14-12-9-8-10-13-12/h7-11H,2-4H2,1H3/b11-7-. The van der Waals surface area contributed by atoms with Crippen molar-refractivity contribution in [2.45, 2.75) is 26.2 Å². The third-order valence-corrected chi connectivity index (χ3v) is 5.55. The Hall–Kier alpha value is -0.210. The molecule has 0 saturated heterocycles. The molecule has 0 unspecified atom stereocenters. The molecule has 0 aromatic carbocycles. The van der Waals surface area contributed by atoms with Crippen molar-refractivity contribution in [2.24, 2.45) is 0 Å². The van der Waals surface area contributed by atoms with Crippen LogP contribution in [0.15, 0.2) is 27.7 Å². The summed E-state index contributed by atoms with van der Waals surface area (Å²) in [6.45, 7) is 2.20. The SMILES string of the molecule is CCCCC#C/C=C\[Te]c1cccs1. The van der Waals surface area contributed by atoms with Crippen LogP contribution in [0.3, 0.4) is 0 Å². The van der Waals surface area contributed by atoms with E-state index >= 15 is 0 Å². The molecule has 0 aliphatic rings. The molecule has 0 nitrogen and oxygen atoms in total. The van der Waals surface area contributed by atoms with E-state index in [2.05, 4.69) is 40.4 Å². The van der Waals surface area contributed by atoms with E-state index in [1.165, 1.54) is 15.8 Å². The van der Waals surface area contributed by atoms with Gasteiger partial charge < -0.3 is 0 Å². The van der Waals surface area contributed by atoms with Crippen LogP contribution in [0.25, 0.3) is 0 Å². The van der Waals surface area contributed by atoms with E-state index in [1.54, 1.807) is 0 Å². The van der Waals surface area contributed by atoms with Crippen molar-refractivity contribution < 1.29 is 0 Å². The van der Waals surface area contributed by atoms with Crippen LogP contribution in [-0.4, -0.2) is 20.9 Å². The van der Waals surface area contributed by atoms with Crippen molar-refractivity contribution in [3.8, 4) is 11.8 Å². The first-order valence-corrected chi connectivity index (χ1v) is 8.16. The summed E-state index contributed by atoms with van der Waals surface area (Å²) in [6.07, 6.45) is 5.53. The van der Waals surface area contributed by atoms with Crippen LogP contribution in [0, 0.1) is 11.8 Å². The molecule has 74 valence electrons. The Kier molecular flexibility index (Phi) is 6.89. The molecule has 0 fully saturated rings. The topological polar surface area (TPSA) is 0 Å².